The van der Waals surface area contributed by atoms with Crippen LogP contribution >= 0.6 is 23.1 Å². The van der Waals surface area contributed by atoms with E-state index in [4.69, 9.17) is 17.3 Å². The van der Waals surface area contributed by atoms with Crippen LogP contribution in [0.2, 0.25) is 5.02 Å². The summed E-state index contributed by atoms with van der Waals surface area (Å²) in [7, 11) is 0. The molecule has 0 atom stereocenters. The van der Waals surface area contributed by atoms with Crippen LogP contribution in [0.4, 0.5) is 11.5 Å². The molecule has 1 heterocycles. The summed E-state index contributed by atoms with van der Waals surface area (Å²) in [5.74, 6) is 0.389. The van der Waals surface area contributed by atoms with Gasteiger partial charge in [-0.05, 0) is 41.4 Å². The number of aromatic nitrogens is 1. The second kappa shape index (κ2) is 6.81. The fraction of sp³-hybridized carbons (Fsp3) is 0.0588. The molecule has 0 amide bonds. The molecule has 0 fully saturated rings. The smallest absolute Gasteiger partial charge is 0.206 e. The zero-order valence-corrected chi connectivity index (χ0v) is 13.7. The molecule has 23 heavy (non-hydrogen) atoms. The molecule has 0 aliphatic carbocycles. The Bertz CT molecular complexity index is 816. The number of rotatable bonds is 5. The van der Waals surface area contributed by atoms with E-state index in [1.54, 1.807) is 24.3 Å². The lowest BCUT2D eigenvalue weighted by Gasteiger charge is -2.05. The summed E-state index contributed by atoms with van der Waals surface area (Å²) in [6.07, 6.45) is 0. The van der Waals surface area contributed by atoms with E-state index in [0.717, 1.165) is 17.1 Å². The van der Waals surface area contributed by atoms with Gasteiger partial charge in [-0.15, -0.1) is 0 Å². The van der Waals surface area contributed by atoms with Gasteiger partial charge in [0.1, 0.15) is 4.88 Å². The monoisotopic (exact) mass is 343 g/mol. The predicted octanol–water partition coefficient (Wildman–Crippen LogP) is 4.22. The number of halogens is 1. The van der Waals surface area contributed by atoms with E-state index in [1.807, 2.05) is 30.3 Å². The van der Waals surface area contributed by atoms with E-state index in [9.17, 15) is 4.79 Å². The van der Waals surface area contributed by atoms with Gasteiger partial charge in [-0.1, -0.05) is 41.9 Å². The number of nitrogens with one attached hydrogen (secondary N) is 1. The Morgan fingerprint density at radius 3 is 2.52 bits per heavy atom. The first kappa shape index (κ1) is 15.5. The van der Waals surface area contributed by atoms with Crippen LogP contribution in [0.25, 0.3) is 0 Å². The molecule has 0 saturated heterocycles. The topological polar surface area (TPSA) is 68.0 Å². The maximum absolute atomic E-state index is 12.5. The molecule has 3 rings (SSSR count). The van der Waals surface area contributed by atoms with Gasteiger partial charge in [0.05, 0.1) is 5.69 Å². The minimum atomic E-state index is -0.149. The van der Waals surface area contributed by atoms with Crippen molar-refractivity contribution in [3.63, 3.8) is 0 Å². The summed E-state index contributed by atoms with van der Waals surface area (Å²) in [5.41, 5.74) is 8.11. The average molecular weight is 344 g/mol. The number of ketones is 1. The summed E-state index contributed by atoms with van der Waals surface area (Å²) in [4.78, 5) is 12.9. The molecule has 0 aliphatic heterocycles. The molecule has 2 aromatic carbocycles. The van der Waals surface area contributed by atoms with Gasteiger partial charge in [0, 0.05) is 17.1 Å². The van der Waals surface area contributed by atoms with Gasteiger partial charge >= 0.3 is 0 Å². The fourth-order valence-electron chi connectivity index (χ4n) is 2.10. The first-order valence-corrected chi connectivity index (χ1v) is 8.13. The van der Waals surface area contributed by atoms with Crippen molar-refractivity contribution in [2.75, 3.05) is 11.1 Å². The second-order valence-electron chi connectivity index (χ2n) is 4.95. The fourth-order valence-corrected chi connectivity index (χ4v) is 2.97. The molecular weight excluding hydrogens is 330 g/mol. The largest absolute Gasteiger partial charge is 0.394 e. The van der Waals surface area contributed by atoms with Gasteiger partial charge in [0.2, 0.25) is 5.78 Å². The first-order chi connectivity index (χ1) is 11.1. The lowest BCUT2D eigenvalue weighted by Crippen LogP contribution is -2.05. The number of anilines is 2. The van der Waals surface area contributed by atoms with Crippen molar-refractivity contribution in [2.45, 2.75) is 6.54 Å². The number of carbonyl (C=O) groups is 1. The Hall–Kier alpha value is -2.37. The highest BCUT2D eigenvalue weighted by molar-refractivity contribution is 7.09. The van der Waals surface area contributed by atoms with Crippen molar-refractivity contribution in [1.82, 2.24) is 4.37 Å². The molecular formula is C17H14ClN3OS. The zero-order chi connectivity index (χ0) is 16.2. The second-order valence-corrected chi connectivity index (χ2v) is 6.16. The summed E-state index contributed by atoms with van der Waals surface area (Å²) in [5, 5.41) is 3.75. The molecule has 0 aliphatic rings. The van der Waals surface area contributed by atoms with E-state index in [-0.39, 0.29) is 5.78 Å². The Labute approximate surface area is 143 Å². The maximum atomic E-state index is 12.5. The Morgan fingerprint density at radius 2 is 1.83 bits per heavy atom. The van der Waals surface area contributed by atoms with Crippen molar-refractivity contribution in [3.05, 3.63) is 75.6 Å². The third-order valence-corrected chi connectivity index (χ3v) is 4.46. The number of benzene rings is 2. The number of carbonyl (C=O) groups excluding carboxylic acids is 1. The van der Waals surface area contributed by atoms with Crippen molar-refractivity contribution >= 4 is 40.4 Å². The highest BCUT2D eigenvalue weighted by Crippen LogP contribution is 2.29. The Kier molecular flexibility index (Phi) is 4.60. The van der Waals surface area contributed by atoms with E-state index in [1.165, 1.54) is 0 Å². The van der Waals surface area contributed by atoms with Crippen LogP contribution in [-0.4, -0.2) is 10.2 Å². The number of nitrogens with two attached hydrogens (primary N) is 1. The zero-order valence-electron chi connectivity index (χ0n) is 12.1. The lowest BCUT2D eigenvalue weighted by molar-refractivity contribution is 0.104. The molecule has 0 spiro atoms. The van der Waals surface area contributed by atoms with Gasteiger partial charge in [0.15, 0.2) is 5.82 Å². The number of nitrogen functional groups attached to an aromatic ring is 1. The van der Waals surface area contributed by atoms with Crippen molar-refractivity contribution in [1.29, 1.82) is 0 Å². The molecule has 3 aromatic rings. The van der Waals surface area contributed by atoms with Crippen LogP contribution in [0.15, 0.2) is 54.6 Å². The number of hydrogen-bond acceptors (Lipinski definition) is 5. The molecule has 0 saturated carbocycles. The number of nitrogens with zero attached hydrogens (tertiary/aromatic N) is 1. The molecule has 6 heteroatoms. The minimum absolute atomic E-state index is 0.149. The lowest BCUT2D eigenvalue weighted by atomic mass is 10.1. The first-order valence-electron chi connectivity index (χ1n) is 6.98. The van der Waals surface area contributed by atoms with Crippen LogP contribution in [-0.2, 0) is 6.54 Å². The molecule has 116 valence electrons. The normalized spacial score (nSPS) is 10.5. The summed E-state index contributed by atoms with van der Waals surface area (Å²) < 4.78 is 4.25. The number of hydrogen-bond donors (Lipinski definition) is 2. The summed E-state index contributed by atoms with van der Waals surface area (Å²) in [6, 6.07) is 16.6. The van der Waals surface area contributed by atoms with Crippen LogP contribution in [0.3, 0.4) is 0 Å². The van der Waals surface area contributed by atoms with Crippen LogP contribution < -0.4 is 11.1 Å². The third-order valence-electron chi connectivity index (χ3n) is 3.34. The molecule has 0 bridgehead atoms. The predicted molar refractivity (Wildman–Crippen MR) is 95.2 cm³/mol. The summed E-state index contributed by atoms with van der Waals surface area (Å²) >= 11 is 6.94. The van der Waals surface area contributed by atoms with Crippen LogP contribution in [0.1, 0.15) is 20.8 Å². The van der Waals surface area contributed by atoms with E-state index >= 15 is 0 Å². The summed E-state index contributed by atoms with van der Waals surface area (Å²) in [6.45, 7) is 0.601. The van der Waals surface area contributed by atoms with Gasteiger partial charge in [-0.25, -0.2) is 0 Å². The molecule has 0 unspecified atom stereocenters. The van der Waals surface area contributed by atoms with Crippen molar-refractivity contribution in [3.8, 4) is 0 Å². The van der Waals surface area contributed by atoms with Crippen LogP contribution in [0, 0.1) is 0 Å². The molecule has 4 nitrogen and oxygen atoms in total. The molecule has 0 radical (unpaired) electrons. The van der Waals surface area contributed by atoms with Gasteiger partial charge in [0.25, 0.3) is 0 Å². The molecule has 1 aromatic heterocycles. The van der Waals surface area contributed by atoms with E-state index in [0.29, 0.717) is 33.5 Å². The van der Waals surface area contributed by atoms with E-state index < -0.39 is 0 Å². The van der Waals surface area contributed by atoms with Crippen molar-refractivity contribution < 1.29 is 4.79 Å². The Balaban J connectivity index is 1.76. The quantitative estimate of drug-likeness (QED) is 0.680. The SMILES string of the molecule is Nc1c(NCc2ccccc2)nsc1C(=O)c1ccc(Cl)cc1. The minimum Gasteiger partial charge on any atom is -0.394 e. The van der Waals surface area contributed by atoms with Gasteiger partial charge in [-0.3, -0.25) is 4.79 Å². The highest BCUT2D eigenvalue weighted by atomic mass is 35.5. The van der Waals surface area contributed by atoms with Crippen molar-refractivity contribution in [2.24, 2.45) is 0 Å². The Morgan fingerprint density at radius 1 is 1.13 bits per heavy atom. The third kappa shape index (κ3) is 3.52. The van der Waals surface area contributed by atoms with E-state index in [2.05, 4.69) is 9.69 Å². The standard InChI is InChI=1S/C17H14ClN3OS/c18-13-8-6-12(7-9-13)15(22)16-14(19)17(21-23-16)20-10-11-4-2-1-3-5-11/h1-9H,10,19H2,(H,20,21). The molecule has 3 N–H and O–H groups in total. The highest BCUT2D eigenvalue weighted by Gasteiger charge is 2.18. The maximum Gasteiger partial charge on any atom is 0.206 e. The van der Waals surface area contributed by atoms with Gasteiger partial charge in [-0.2, -0.15) is 4.37 Å². The van der Waals surface area contributed by atoms with Gasteiger partial charge < -0.3 is 11.1 Å². The van der Waals surface area contributed by atoms with Crippen LogP contribution in [0.5, 0.6) is 0 Å². The average Bonchev–Trinajstić information content (AvgIpc) is 2.95.